The smallest absolute Gasteiger partial charge is 0.0684 e. The van der Waals surface area contributed by atoms with Crippen molar-refractivity contribution < 1.29 is 0 Å². The van der Waals surface area contributed by atoms with Gasteiger partial charge in [0.25, 0.3) is 0 Å². The molecule has 0 heterocycles. The lowest BCUT2D eigenvalue weighted by atomic mass is 9.91. The Hall–Kier alpha value is -0.590. The molecule has 106 valence electrons. The Balaban J connectivity index is 3.88. The molecule has 0 aromatic heterocycles. The maximum atomic E-state index is 9.02. The van der Waals surface area contributed by atoms with Gasteiger partial charge in [0.15, 0.2) is 0 Å². The lowest BCUT2D eigenvalue weighted by Crippen LogP contribution is -2.32. The Morgan fingerprint density at radius 3 is 1.83 bits per heavy atom. The van der Waals surface area contributed by atoms with Crippen LogP contribution in [-0.2, 0) is 0 Å². The van der Waals surface area contributed by atoms with Crippen molar-refractivity contribution in [1.82, 2.24) is 9.80 Å². The molecule has 0 aliphatic rings. The van der Waals surface area contributed by atoms with E-state index in [2.05, 4.69) is 36.6 Å². The van der Waals surface area contributed by atoms with Crippen LogP contribution in [0.2, 0.25) is 0 Å². The van der Waals surface area contributed by atoms with Crippen molar-refractivity contribution >= 4 is 0 Å². The predicted octanol–water partition coefficient (Wildman–Crippen LogP) is 2.98. The van der Waals surface area contributed by atoms with Crippen LogP contribution in [-0.4, -0.2) is 49.1 Å². The van der Waals surface area contributed by atoms with E-state index in [1.807, 2.05) is 13.8 Å². The monoisotopic (exact) mass is 253 g/mol. The van der Waals surface area contributed by atoms with Gasteiger partial charge in [-0.2, -0.15) is 5.26 Å². The van der Waals surface area contributed by atoms with Gasteiger partial charge in [-0.15, -0.1) is 0 Å². The lowest BCUT2D eigenvalue weighted by molar-refractivity contribution is 0.226. The van der Waals surface area contributed by atoms with Gasteiger partial charge in [0, 0.05) is 0 Å². The maximum absolute atomic E-state index is 9.02. The van der Waals surface area contributed by atoms with Crippen LogP contribution >= 0.6 is 0 Å². The minimum atomic E-state index is -0.188. The van der Waals surface area contributed by atoms with Crippen LogP contribution in [0, 0.1) is 16.7 Å². The summed E-state index contributed by atoms with van der Waals surface area (Å²) < 4.78 is 0. The molecule has 18 heavy (non-hydrogen) atoms. The Morgan fingerprint density at radius 1 is 0.889 bits per heavy atom. The highest BCUT2D eigenvalue weighted by Crippen LogP contribution is 2.18. The molecule has 0 aromatic carbocycles. The fraction of sp³-hybridized carbons (Fsp3) is 0.933. The summed E-state index contributed by atoms with van der Waals surface area (Å²) in [7, 11) is 0. The molecule has 0 unspecified atom stereocenters. The van der Waals surface area contributed by atoms with Gasteiger partial charge in [-0.1, -0.05) is 20.8 Å². The highest BCUT2D eigenvalue weighted by Gasteiger charge is 2.17. The number of nitriles is 1. The van der Waals surface area contributed by atoms with Crippen LogP contribution in [0.15, 0.2) is 0 Å². The predicted molar refractivity (Wildman–Crippen MR) is 78.5 cm³/mol. The summed E-state index contributed by atoms with van der Waals surface area (Å²) in [6.45, 7) is 17.4. The van der Waals surface area contributed by atoms with E-state index in [1.165, 1.54) is 13.0 Å². The van der Waals surface area contributed by atoms with E-state index in [1.54, 1.807) is 0 Å². The third-order valence-corrected chi connectivity index (χ3v) is 3.65. The largest absolute Gasteiger partial charge is 0.304 e. The summed E-state index contributed by atoms with van der Waals surface area (Å²) in [4.78, 5) is 4.93. The quantitative estimate of drug-likeness (QED) is 0.599. The molecule has 0 spiro atoms. The average Bonchev–Trinajstić information content (AvgIpc) is 2.38. The zero-order valence-electron chi connectivity index (χ0n) is 13.0. The lowest BCUT2D eigenvalue weighted by Gasteiger charge is -2.25. The summed E-state index contributed by atoms with van der Waals surface area (Å²) in [5.41, 5.74) is -0.188. The second-order valence-electron chi connectivity index (χ2n) is 5.56. The molecule has 0 N–H and O–H groups in total. The molecule has 0 saturated heterocycles. The van der Waals surface area contributed by atoms with E-state index in [-0.39, 0.29) is 5.41 Å². The molecule has 3 nitrogen and oxygen atoms in total. The van der Waals surface area contributed by atoms with Crippen molar-refractivity contribution in [3.8, 4) is 6.07 Å². The van der Waals surface area contributed by atoms with E-state index >= 15 is 0 Å². The van der Waals surface area contributed by atoms with Crippen LogP contribution in [0.3, 0.4) is 0 Å². The van der Waals surface area contributed by atoms with Crippen LogP contribution in [0.25, 0.3) is 0 Å². The molecule has 0 radical (unpaired) electrons. The van der Waals surface area contributed by atoms with Crippen molar-refractivity contribution in [2.45, 2.75) is 47.5 Å². The number of rotatable bonds is 10. The molecular formula is C15H31N3. The van der Waals surface area contributed by atoms with Gasteiger partial charge in [-0.05, 0) is 66.0 Å². The zero-order chi connectivity index (χ0) is 14.0. The van der Waals surface area contributed by atoms with Gasteiger partial charge < -0.3 is 9.80 Å². The molecular weight excluding hydrogens is 222 g/mol. The van der Waals surface area contributed by atoms with Crippen molar-refractivity contribution in [1.29, 1.82) is 5.26 Å². The second kappa shape index (κ2) is 9.35. The topological polar surface area (TPSA) is 30.3 Å². The normalized spacial score (nSPS) is 12.1. The molecule has 0 atom stereocenters. The van der Waals surface area contributed by atoms with E-state index in [9.17, 15) is 0 Å². The first-order valence-corrected chi connectivity index (χ1v) is 7.35. The number of hydrogen-bond acceptors (Lipinski definition) is 3. The van der Waals surface area contributed by atoms with Crippen molar-refractivity contribution in [2.24, 2.45) is 5.41 Å². The van der Waals surface area contributed by atoms with E-state index in [0.29, 0.717) is 0 Å². The summed E-state index contributed by atoms with van der Waals surface area (Å²) in [5.74, 6) is 0. The Morgan fingerprint density at radius 2 is 1.39 bits per heavy atom. The summed E-state index contributed by atoms with van der Waals surface area (Å²) in [6, 6.07) is 2.38. The molecule has 0 aromatic rings. The van der Waals surface area contributed by atoms with Crippen LogP contribution in [0.4, 0.5) is 0 Å². The number of nitrogens with zero attached hydrogens (tertiary/aromatic N) is 3. The Labute approximate surface area is 114 Å². The van der Waals surface area contributed by atoms with Crippen LogP contribution in [0.5, 0.6) is 0 Å². The molecule has 0 amide bonds. The molecule has 0 aliphatic heterocycles. The summed E-state index contributed by atoms with van der Waals surface area (Å²) in [6.07, 6.45) is 2.19. The van der Waals surface area contributed by atoms with Gasteiger partial charge in [-0.25, -0.2) is 0 Å². The Kier molecular flexibility index (Phi) is 9.05. The van der Waals surface area contributed by atoms with Crippen molar-refractivity contribution in [3.63, 3.8) is 0 Å². The zero-order valence-corrected chi connectivity index (χ0v) is 13.0. The molecule has 0 bridgehead atoms. The average molecular weight is 253 g/mol. The van der Waals surface area contributed by atoms with Gasteiger partial charge in [0.05, 0.1) is 11.5 Å². The van der Waals surface area contributed by atoms with Crippen LogP contribution in [0.1, 0.15) is 47.5 Å². The molecule has 0 aliphatic carbocycles. The molecule has 0 fully saturated rings. The minimum absolute atomic E-state index is 0.188. The molecule has 3 heteroatoms. The van der Waals surface area contributed by atoms with E-state index in [0.717, 1.165) is 39.1 Å². The first-order valence-electron chi connectivity index (χ1n) is 7.35. The highest BCUT2D eigenvalue weighted by molar-refractivity contribution is 4.91. The van der Waals surface area contributed by atoms with Gasteiger partial charge in [0.2, 0.25) is 0 Å². The standard InChI is InChI=1S/C15H31N3/c1-6-17(7-2)11-9-12-18(8-3)13-10-15(4,5)14-16/h6-13H2,1-5H3. The van der Waals surface area contributed by atoms with E-state index in [4.69, 9.17) is 5.26 Å². The second-order valence-corrected chi connectivity index (χ2v) is 5.56. The third kappa shape index (κ3) is 7.68. The third-order valence-electron chi connectivity index (χ3n) is 3.65. The van der Waals surface area contributed by atoms with Gasteiger partial charge in [-0.3, -0.25) is 0 Å². The Bertz CT molecular complexity index is 239. The first-order chi connectivity index (χ1) is 8.49. The first kappa shape index (κ1) is 17.4. The molecule has 0 saturated carbocycles. The maximum Gasteiger partial charge on any atom is 0.0684 e. The van der Waals surface area contributed by atoms with Gasteiger partial charge >= 0.3 is 0 Å². The minimum Gasteiger partial charge on any atom is -0.304 e. The van der Waals surface area contributed by atoms with E-state index < -0.39 is 0 Å². The van der Waals surface area contributed by atoms with Crippen LogP contribution < -0.4 is 0 Å². The van der Waals surface area contributed by atoms with Crippen molar-refractivity contribution in [2.75, 3.05) is 39.3 Å². The highest BCUT2D eigenvalue weighted by atomic mass is 15.1. The van der Waals surface area contributed by atoms with Crippen molar-refractivity contribution in [3.05, 3.63) is 0 Å². The fourth-order valence-electron chi connectivity index (χ4n) is 1.98. The fourth-order valence-corrected chi connectivity index (χ4v) is 1.98. The summed E-state index contributed by atoms with van der Waals surface area (Å²) in [5, 5.41) is 9.02. The molecule has 0 rings (SSSR count). The summed E-state index contributed by atoms with van der Waals surface area (Å²) >= 11 is 0. The SMILES string of the molecule is CCN(CC)CCCN(CC)CCC(C)(C)C#N. The van der Waals surface area contributed by atoms with Gasteiger partial charge in [0.1, 0.15) is 0 Å². The number of hydrogen-bond donors (Lipinski definition) is 0.